The van der Waals surface area contributed by atoms with Gasteiger partial charge in [0.1, 0.15) is 11.8 Å². The van der Waals surface area contributed by atoms with Crippen LogP contribution >= 0.6 is 0 Å². The Morgan fingerprint density at radius 2 is 2.23 bits per heavy atom. The lowest BCUT2D eigenvalue weighted by atomic mass is 9.94. The van der Waals surface area contributed by atoms with E-state index in [1.807, 2.05) is 36.7 Å². The van der Waals surface area contributed by atoms with Crippen molar-refractivity contribution in [3.05, 3.63) is 59.4 Å². The first-order chi connectivity index (χ1) is 12.6. The minimum atomic E-state index is 0.414. The normalized spacial score (nSPS) is 20.3. The molecule has 1 aromatic carbocycles. The van der Waals surface area contributed by atoms with Crippen molar-refractivity contribution >= 4 is 0 Å². The second-order valence-corrected chi connectivity index (χ2v) is 7.10. The third kappa shape index (κ3) is 4.04. The molecule has 0 saturated carbocycles. The number of hydrogen-bond acceptors (Lipinski definition) is 5. The molecule has 3 rings (SSSR count). The van der Waals surface area contributed by atoms with Crippen LogP contribution in [0.5, 0.6) is 5.75 Å². The maximum Gasteiger partial charge on any atom is 0.136 e. The SMILES string of the molecule is COc1ccc(CN(C)C[C@@H]2CCN(C)[C@H]2c2cccnc2)cc1C#N. The fourth-order valence-electron chi connectivity index (χ4n) is 4.01. The number of likely N-dealkylation sites (tertiary alicyclic amines) is 1. The zero-order chi connectivity index (χ0) is 18.5. The van der Waals surface area contributed by atoms with E-state index in [-0.39, 0.29) is 0 Å². The highest BCUT2D eigenvalue weighted by Crippen LogP contribution is 2.36. The second-order valence-electron chi connectivity index (χ2n) is 7.10. The molecule has 0 spiro atoms. The van der Waals surface area contributed by atoms with Crippen LogP contribution < -0.4 is 4.74 Å². The minimum Gasteiger partial charge on any atom is -0.495 e. The molecule has 0 bridgehead atoms. The van der Waals surface area contributed by atoms with Gasteiger partial charge in [-0.05, 0) is 62.3 Å². The van der Waals surface area contributed by atoms with E-state index in [4.69, 9.17) is 4.74 Å². The molecule has 5 heteroatoms. The van der Waals surface area contributed by atoms with Crippen LogP contribution in [0.15, 0.2) is 42.7 Å². The molecule has 1 aliphatic heterocycles. The molecule has 0 amide bonds. The molecule has 0 N–H and O–H groups in total. The maximum absolute atomic E-state index is 9.27. The third-order valence-electron chi connectivity index (χ3n) is 5.18. The quantitative estimate of drug-likeness (QED) is 0.801. The van der Waals surface area contributed by atoms with Crippen molar-refractivity contribution in [2.24, 2.45) is 5.92 Å². The van der Waals surface area contributed by atoms with Gasteiger partial charge in [0.25, 0.3) is 0 Å². The lowest BCUT2D eigenvalue weighted by molar-refractivity contribution is 0.213. The molecule has 2 heterocycles. The predicted molar refractivity (Wildman–Crippen MR) is 102 cm³/mol. The summed E-state index contributed by atoms with van der Waals surface area (Å²) in [5.74, 6) is 1.20. The fourth-order valence-corrected chi connectivity index (χ4v) is 4.01. The predicted octanol–water partition coefficient (Wildman–Crippen LogP) is 3.09. The molecule has 2 atom stereocenters. The van der Waals surface area contributed by atoms with Gasteiger partial charge < -0.3 is 9.64 Å². The van der Waals surface area contributed by atoms with Gasteiger partial charge in [0, 0.05) is 31.5 Å². The van der Waals surface area contributed by atoms with Crippen molar-refractivity contribution in [3.63, 3.8) is 0 Å². The number of hydrogen-bond donors (Lipinski definition) is 0. The first-order valence-corrected chi connectivity index (χ1v) is 8.98. The van der Waals surface area contributed by atoms with Crippen LogP contribution in [0.1, 0.15) is 29.2 Å². The number of nitrogens with zero attached hydrogens (tertiary/aromatic N) is 4. The zero-order valence-electron chi connectivity index (χ0n) is 15.7. The molecule has 5 nitrogen and oxygen atoms in total. The average molecular weight is 350 g/mol. The molecule has 0 unspecified atom stereocenters. The average Bonchev–Trinajstić information content (AvgIpc) is 3.02. The van der Waals surface area contributed by atoms with E-state index in [0.717, 1.165) is 25.2 Å². The van der Waals surface area contributed by atoms with Crippen LogP contribution in [0.2, 0.25) is 0 Å². The van der Waals surface area contributed by atoms with Gasteiger partial charge in [0.2, 0.25) is 0 Å². The number of ether oxygens (including phenoxy) is 1. The molecule has 2 aromatic rings. The van der Waals surface area contributed by atoms with Gasteiger partial charge in [0.05, 0.1) is 12.7 Å². The first-order valence-electron chi connectivity index (χ1n) is 8.98. The summed E-state index contributed by atoms with van der Waals surface area (Å²) in [6.07, 6.45) is 5.00. The van der Waals surface area contributed by atoms with E-state index in [0.29, 0.717) is 23.3 Å². The van der Waals surface area contributed by atoms with Crippen molar-refractivity contribution in [3.8, 4) is 11.8 Å². The molecule has 1 aromatic heterocycles. The molecule has 1 fully saturated rings. The van der Waals surface area contributed by atoms with Crippen LogP contribution in [0.3, 0.4) is 0 Å². The van der Waals surface area contributed by atoms with E-state index < -0.39 is 0 Å². The largest absolute Gasteiger partial charge is 0.495 e. The molecule has 1 saturated heterocycles. The van der Waals surface area contributed by atoms with Crippen LogP contribution in [0.4, 0.5) is 0 Å². The molecule has 26 heavy (non-hydrogen) atoms. The van der Waals surface area contributed by atoms with Crippen LogP contribution in [-0.4, -0.2) is 49.1 Å². The minimum absolute atomic E-state index is 0.414. The van der Waals surface area contributed by atoms with Crippen molar-refractivity contribution in [1.29, 1.82) is 5.26 Å². The Morgan fingerprint density at radius 3 is 2.92 bits per heavy atom. The Labute approximate surface area is 155 Å². The van der Waals surface area contributed by atoms with Crippen molar-refractivity contribution in [2.45, 2.75) is 19.0 Å². The van der Waals surface area contributed by atoms with Gasteiger partial charge in [-0.1, -0.05) is 12.1 Å². The van der Waals surface area contributed by atoms with E-state index >= 15 is 0 Å². The summed E-state index contributed by atoms with van der Waals surface area (Å²) in [5, 5.41) is 9.27. The Bertz CT molecular complexity index is 771. The Morgan fingerprint density at radius 1 is 1.38 bits per heavy atom. The summed E-state index contributed by atoms with van der Waals surface area (Å²) in [5.41, 5.74) is 3.02. The van der Waals surface area contributed by atoms with Gasteiger partial charge in [-0.3, -0.25) is 9.88 Å². The molecule has 1 aliphatic rings. The zero-order valence-corrected chi connectivity index (χ0v) is 15.7. The highest BCUT2D eigenvalue weighted by Gasteiger charge is 2.33. The van der Waals surface area contributed by atoms with Gasteiger partial charge in [-0.25, -0.2) is 0 Å². The van der Waals surface area contributed by atoms with Gasteiger partial charge in [0.15, 0.2) is 0 Å². The summed E-state index contributed by atoms with van der Waals surface area (Å²) in [6.45, 7) is 2.94. The van der Waals surface area contributed by atoms with Crippen molar-refractivity contribution in [2.75, 3.05) is 34.3 Å². The van der Waals surface area contributed by atoms with Gasteiger partial charge in [-0.15, -0.1) is 0 Å². The van der Waals surface area contributed by atoms with Gasteiger partial charge in [-0.2, -0.15) is 5.26 Å². The number of pyridine rings is 1. The van der Waals surface area contributed by atoms with Crippen LogP contribution in [0, 0.1) is 17.2 Å². The molecular weight excluding hydrogens is 324 g/mol. The lowest BCUT2D eigenvalue weighted by Gasteiger charge is -2.28. The standard InChI is InChI=1S/C21H26N4O/c1-24(14-16-6-7-20(26-3)19(11-16)12-22)15-18-8-10-25(2)21(18)17-5-4-9-23-13-17/h4-7,9,11,13,18,21H,8,10,14-15H2,1-3H3/t18-,21-/m0/s1. The topological polar surface area (TPSA) is 52.4 Å². The highest BCUT2D eigenvalue weighted by atomic mass is 16.5. The molecule has 0 aliphatic carbocycles. The number of nitriles is 1. The summed E-state index contributed by atoms with van der Waals surface area (Å²) in [4.78, 5) is 9.07. The highest BCUT2D eigenvalue weighted by molar-refractivity contribution is 5.45. The van der Waals surface area contributed by atoms with Crippen molar-refractivity contribution in [1.82, 2.24) is 14.8 Å². The van der Waals surface area contributed by atoms with E-state index in [1.54, 1.807) is 7.11 Å². The van der Waals surface area contributed by atoms with E-state index in [9.17, 15) is 5.26 Å². The molecule has 0 radical (unpaired) electrons. The van der Waals surface area contributed by atoms with Crippen LogP contribution in [0.25, 0.3) is 0 Å². The lowest BCUT2D eigenvalue weighted by Crippen LogP contribution is -2.30. The third-order valence-corrected chi connectivity index (χ3v) is 5.18. The monoisotopic (exact) mass is 350 g/mol. The number of rotatable bonds is 6. The summed E-state index contributed by atoms with van der Waals surface area (Å²) in [7, 11) is 5.94. The second kappa shape index (κ2) is 8.31. The van der Waals surface area contributed by atoms with Crippen LogP contribution in [-0.2, 0) is 6.54 Å². The summed E-state index contributed by atoms with van der Waals surface area (Å²) in [6, 6.07) is 12.7. The van der Waals surface area contributed by atoms with Crippen molar-refractivity contribution < 1.29 is 4.74 Å². The number of methoxy groups -OCH3 is 1. The molecular formula is C21H26N4O. The number of aromatic nitrogens is 1. The van der Waals surface area contributed by atoms with E-state index in [1.165, 1.54) is 12.0 Å². The molecule has 136 valence electrons. The smallest absolute Gasteiger partial charge is 0.136 e. The summed E-state index contributed by atoms with van der Waals surface area (Å²) >= 11 is 0. The summed E-state index contributed by atoms with van der Waals surface area (Å²) < 4.78 is 5.23. The Hall–Kier alpha value is -2.42. The Kier molecular flexibility index (Phi) is 5.87. The first kappa shape index (κ1) is 18.4. The maximum atomic E-state index is 9.27. The Balaban J connectivity index is 1.68. The van der Waals surface area contributed by atoms with E-state index in [2.05, 4.69) is 41.0 Å². The van der Waals surface area contributed by atoms with Gasteiger partial charge >= 0.3 is 0 Å². The number of benzene rings is 1. The fraction of sp³-hybridized carbons (Fsp3) is 0.429.